The normalized spacial score (nSPS) is 10.7. The van der Waals surface area contributed by atoms with Crippen LogP contribution in [-0.4, -0.2) is 11.9 Å². The van der Waals surface area contributed by atoms with Crippen LogP contribution in [0.5, 0.6) is 0 Å². The van der Waals surface area contributed by atoms with Crippen molar-refractivity contribution in [1.82, 2.24) is 5.32 Å². The van der Waals surface area contributed by atoms with Crippen molar-refractivity contribution in [3.8, 4) is 11.8 Å². The van der Waals surface area contributed by atoms with Crippen molar-refractivity contribution in [3.05, 3.63) is 71.8 Å². The van der Waals surface area contributed by atoms with Crippen LogP contribution in [0.3, 0.4) is 0 Å². The van der Waals surface area contributed by atoms with Gasteiger partial charge in [-0.05, 0) is 36.3 Å². The second-order valence-corrected chi connectivity index (χ2v) is 9.84. The van der Waals surface area contributed by atoms with Crippen molar-refractivity contribution in [3.63, 3.8) is 0 Å². The Morgan fingerprint density at radius 1 is 0.657 bits per heavy atom. The quantitative estimate of drug-likeness (QED) is 0.171. The lowest BCUT2D eigenvalue weighted by atomic mass is 9.99. The minimum absolute atomic E-state index is 0.0398. The summed E-state index contributed by atoms with van der Waals surface area (Å²) < 4.78 is 0. The van der Waals surface area contributed by atoms with Crippen LogP contribution in [0.25, 0.3) is 0 Å². The Bertz CT molecular complexity index is 792. The van der Waals surface area contributed by atoms with Crippen molar-refractivity contribution in [1.29, 1.82) is 0 Å². The molecule has 2 aromatic carbocycles. The summed E-state index contributed by atoms with van der Waals surface area (Å²) in [7, 11) is 0. The standard InChI is InChI=1S/C33H47NO/c1-2-3-4-5-6-7-8-9-10-11-12-13-14-15-22-27-33(35)34-32(28-30-23-18-16-19-24-30)29-31-25-20-17-21-26-31/h16-21,23-26,32H,2-15,28-29H2,1H3,(H,34,35). The fourth-order valence-corrected chi connectivity index (χ4v) is 4.57. The van der Waals surface area contributed by atoms with Gasteiger partial charge in [-0.1, -0.05) is 151 Å². The molecule has 190 valence electrons. The molecule has 1 N–H and O–H groups in total. The first-order valence-corrected chi connectivity index (χ1v) is 14.1. The lowest BCUT2D eigenvalue weighted by Crippen LogP contribution is -2.37. The van der Waals surface area contributed by atoms with Crippen LogP contribution < -0.4 is 5.32 Å². The number of unbranched alkanes of at least 4 members (excludes halogenated alkanes) is 13. The SMILES string of the molecule is CCCCCCCCCCCCCCCC#CC(=O)NC(Cc1ccccc1)Cc1ccccc1. The topological polar surface area (TPSA) is 29.1 Å². The largest absolute Gasteiger partial charge is 0.342 e. The van der Waals surface area contributed by atoms with Gasteiger partial charge in [-0.15, -0.1) is 0 Å². The molecule has 0 aliphatic rings. The lowest BCUT2D eigenvalue weighted by molar-refractivity contribution is -0.116. The zero-order valence-electron chi connectivity index (χ0n) is 22.1. The molecule has 0 bridgehead atoms. The summed E-state index contributed by atoms with van der Waals surface area (Å²) in [6.45, 7) is 2.28. The van der Waals surface area contributed by atoms with Gasteiger partial charge in [0.25, 0.3) is 5.91 Å². The Morgan fingerprint density at radius 3 is 1.54 bits per heavy atom. The molecule has 0 heterocycles. The van der Waals surface area contributed by atoms with E-state index in [2.05, 4.69) is 48.3 Å². The van der Waals surface area contributed by atoms with Gasteiger partial charge in [-0.25, -0.2) is 0 Å². The highest BCUT2D eigenvalue weighted by atomic mass is 16.1. The molecule has 0 aromatic heterocycles. The van der Waals surface area contributed by atoms with Gasteiger partial charge in [-0.3, -0.25) is 4.79 Å². The number of rotatable bonds is 18. The summed E-state index contributed by atoms with van der Waals surface area (Å²) >= 11 is 0. The number of hydrogen-bond donors (Lipinski definition) is 1. The van der Waals surface area contributed by atoms with Gasteiger partial charge in [0.2, 0.25) is 0 Å². The molecule has 0 saturated heterocycles. The zero-order valence-corrected chi connectivity index (χ0v) is 22.1. The highest BCUT2D eigenvalue weighted by Crippen LogP contribution is 2.13. The van der Waals surface area contributed by atoms with E-state index in [1.807, 2.05) is 36.4 Å². The Kier molecular flexibility index (Phi) is 16.2. The van der Waals surface area contributed by atoms with Crippen molar-refractivity contribution in [2.24, 2.45) is 0 Å². The van der Waals surface area contributed by atoms with E-state index in [0.717, 1.165) is 25.7 Å². The third-order valence-corrected chi connectivity index (χ3v) is 6.59. The fourth-order valence-electron chi connectivity index (χ4n) is 4.57. The van der Waals surface area contributed by atoms with Crippen LogP contribution in [0.2, 0.25) is 0 Å². The van der Waals surface area contributed by atoms with Crippen molar-refractivity contribution < 1.29 is 4.79 Å². The molecule has 2 nitrogen and oxygen atoms in total. The molecular weight excluding hydrogens is 426 g/mol. The second-order valence-electron chi connectivity index (χ2n) is 9.84. The number of carbonyl (C=O) groups excluding carboxylic acids is 1. The predicted octanol–water partition coefficient (Wildman–Crippen LogP) is 8.44. The Hall–Kier alpha value is -2.53. The highest BCUT2D eigenvalue weighted by Gasteiger charge is 2.13. The summed E-state index contributed by atoms with van der Waals surface area (Å²) in [5.41, 5.74) is 2.46. The zero-order chi connectivity index (χ0) is 24.8. The molecule has 0 fully saturated rings. The first-order chi connectivity index (χ1) is 17.3. The summed E-state index contributed by atoms with van der Waals surface area (Å²) in [5.74, 6) is 5.77. The van der Waals surface area contributed by atoms with Gasteiger partial charge in [-0.2, -0.15) is 0 Å². The minimum Gasteiger partial charge on any atom is -0.342 e. The van der Waals surface area contributed by atoms with E-state index in [-0.39, 0.29) is 11.9 Å². The molecule has 0 atom stereocenters. The number of benzene rings is 2. The molecule has 2 heteroatoms. The average Bonchev–Trinajstić information content (AvgIpc) is 2.87. The summed E-state index contributed by atoms with van der Waals surface area (Å²) in [6.07, 6.45) is 20.0. The van der Waals surface area contributed by atoms with E-state index >= 15 is 0 Å². The third-order valence-electron chi connectivity index (χ3n) is 6.59. The van der Waals surface area contributed by atoms with Gasteiger partial charge in [0.15, 0.2) is 0 Å². The van der Waals surface area contributed by atoms with Crippen LogP contribution in [0.15, 0.2) is 60.7 Å². The molecule has 0 spiro atoms. The maximum Gasteiger partial charge on any atom is 0.296 e. The Balaban J connectivity index is 1.57. The monoisotopic (exact) mass is 473 g/mol. The van der Waals surface area contributed by atoms with Crippen LogP contribution in [0.4, 0.5) is 0 Å². The molecule has 2 aromatic rings. The minimum atomic E-state index is -0.156. The molecule has 1 amide bonds. The van der Waals surface area contributed by atoms with E-state index in [9.17, 15) is 4.79 Å². The summed E-state index contributed by atoms with van der Waals surface area (Å²) in [5, 5.41) is 3.15. The maximum absolute atomic E-state index is 12.5. The molecule has 2 rings (SSSR count). The van der Waals surface area contributed by atoms with Crippen LogP contribution >= 0.6 is 0 Å². The number of amides is 1. The molecule has 35 heavy (non-hydrogen) atoms. The Morgan fingerprint density at radius 2 is 1.09 bits per heavy atom. The molecular formula is C33H47NO. The van der Waals surface area contributed by atoms with Gasteiger partial charge < -0.3 is 5.32 Å². The van der Waals surface area contributed by atoms with E-state index in [4.69, 9.17) is 0 Å². The third kappa shape index (κ3) is 15.2. The maximum atomic E-state index is 12.5. The second kappa shape index (κ2) is 19.7. The van der Waals surface area contributed by atoms with Gasteiger partial charge >= 0.3 is 0 Å². The summed E-state index contributed by atoms with van der Waals surface area (Å²) in [6, 6.07) is 20.7. The summed E-state index contributed by atoms with van der Waals surface area (Å²) in [4.78, 5) is 12.5. The molecule has 0 unspecified atom stereocenters. The number of hydrogen-bond acceptors (Lipinski definition) is 1. The van der Waals surface area contributed by atoms with E-state index < -0.39 is 0 Å². The number of carbonyl (C=O) groups is 1. The van der Waals surface area contributed by atoms with Crippen molar-refractivity contribution >= 4 is 5.91 Å². The van der Waals surface area contributed by atoms with Gasteiger partial charge in [0, 0.05) is 12.5 Å². The highest BCUT2D eigenvalue weighted by molar-refractivity contribution is 5.93. The lowest BCUT2D eigenvalue weighted by Gasteiger charge is -2.17. The van der Waals surface area contributed by atoms with Crippen LogP contribution in [0.1, 0.15) is 108 Å². The Labute approximate surface area is 215 Å². The average molecular weight is 474 g/mol. The fraction of sp³-hybridized carbons (Fsp3) is 0.545. The molecule has 0 aliphatic carbocycles. The predicted molar refractivity (Wildman–Crippen MR) is 150 cm³/mol. The van der Waals surface area contributed by atoms with Crippen LogP contribution in [0, 0.1) is 11.8 Å². The van der Waals surface area contributed by atoms with E-state index in [1.165, 1.54) is 88.2 Å². The molecule has 0 aliphatic heterocycles. The van der Waals surface area contributed by atoms with Crippen LogP contribution in [-0.2, 0) is 17.6 Å². The van der Waals surface area contributed by atoms with Gasteiger partial charge in [0.05, 0.1) is 0 Å². The van der Waals surface area contributed by atoms with Crippen molar-refractivity contribution in [2.45, 2.75) is 116 Å². The van der Waals surface area contributed by atoms with Crippen molar-refractivity contribution in [2.75, 3.05) is 0 Å². The molecule has 0 saturated carbocycles. The number of nitrogens with one attached hydrogen (secondary N) is 1. The first kappa shape index (κ1) is 28.7. The van der Waals surface area contributed by atoms with Gasteiger partial charge in [0.1, 0.15) is 0 Å². The first-order valence-electron chi connectivity index (χ1n) is 14.1. The molecule has 0 radical (unpaired) electrons. The smallest absolute Gasteiger partial charge is 0.296 e. The van der Waals surface area contributed by atoms with E-state index in [1.54, 1.807) is 0 Å². The van der Waals surface area contributed by atoms with E-state index in [0.29, 0.717) is 0 Å².